The molecule has 0 saturated heterocycles. The van der Waals surface area contributed by atoms with Crippen LogP contribution in [0.25, 0.3) is 11.4 Å². The minimum absolute atomic E-state index is 0.236. The van der Waals surface area contributed by atoms with Gasteiger partial charge in [0.15, 0.2) is 5.82 Å². The molecule has 1 aromatic carbocycles. The van der Waals surface area contributed by atoms with Crippen molar-refractivity contribution in [3.8, 4) is 17.1 Å². The second-order valence-corrected chi connectivity index (χ2v) is 4.72. The Bertz CT molecular complexity index is 564. The van der Waals surface area contributed by atoms with Gasteiger partial charge in [-0.25, -0.2) is 9.67 Å². The first kappa shape index (κ1) is 11.2. The van der Waals surface area contributed by atoms with Gasteiger partial charge in [-0.1, -0.05) is 12.1 Å². The average molecular weight is 244 g/mol. The first-order valence-electron chi connectivity index (χ1n) is 6.19. The van der Waals surface area contributed by atoms with E-state index in [-0.39, 0.29) is 5.75 Å². The third-order valence-corrected chi connectivity index (χ3v) is 3.39. The van der Waals surface area contributed by atoms with Crippen LogP contribution in [0.4, 0.5) is 0 Å². The minimum atomic E-state index is 0.236. The molecule has 3 rings (SSSR count). The summed E-state index contributed by atoms with van der Waals surface area (Å²) < 4.78 is 1.94. The Morgan fingerprint density at radius 2 is 2.33 bits per heavy atom. The van der Waals surface area contributed by atoms with Crippen molar-refractivity contribution in [3.63, 3.8) is 0 Å². The molecule has 0 amide bonds. The van der Waals surface area contributed by atoms with Crippen LogP contribution in [0.2, 0.25) is 0 Å². The highest BCUT2D eigenvalue weighted by atomic mass is 16.3. The molecule has 1 atom stereocenters. The molecule has 0 radical (unpaired) electrons. The van der Waals surface area contributed by atoms with E-state index in [1.54, 1.807) is 18.2 Å². The monoisotopic (exact) mass is 244 g/mol. The first-order valence-corrected chi connectivity index (χ1v) is 6.19. The van der Waals surface area contributed by atoms with Gasteiger partial charge in [0.2, 0.25) is 0 Å². The van der Waals surface area contributed by atoms with Crippen molar-refractivity contribution in [1.82, 2.24) is 14.8 Å². The number of hydrogen-bond acceptors (Lipinski definition) is 4. The van der Waals surface area contributed by atoms with E-state index in [4.69, 9.17) is 5.73 Å². The zero-order valence-electron chi connectivity index (χ0n) is 10.1. The predicted molar refractivity (Wildman–Crippen MR) is 68.0 cm³/mol. The Balaban J connectivity index is 1.94. The van der Waals surface area contributed by atoms with E-state index in [1.165, 1.54) is 0 Å². The number of aromatic nitrogens is 3. The van der Waals surface area contributed by atoms with Crippen molar-refractivity contribution < 1.29 is 5.11 Å². The van der Waals surface area contributed by atoms with Gasteiger partial charge in [-0.05, 0) is 31.0 Å². The van der Waals surface area contributed by atoms with Gasteiger partial charge in [0, 0.05) is 18.5 Å². The van der Waals surface area contributed by atoms with Crippen molar-refractivity contribution in [1.29, 1.82) is 0 Å². The predicted octanol–water partition coefficient (Wildman–Crippen LogP) is 1.17. The SMILES string of the molecule is NCC1CCc2nc(-c3cccc(O)c3)nn2C1. The van der Waals surface area contributed by atoms with E-state index in [1.807, 2.05) is 10.7 Å². The maximum Gasteiger partial charge on any atom is 0.181 e. The number of phenolic OH excluding ortho intramolecular Hbond substituents is 1. The normalized spacial score (nSPS) is 18.6. The van der Waals surface area contributed by atoms with Gasteiger partial charge in [-0.2, -0.15) is 5.10 Å². The third-order valence-electron chi connectivity index (χ3n) is 3.39. The van der Waals surface area contributed by atoms with Crippen LogP contribution in [0.3, 0.4) is 0 Å². The summed E-state index contributed by atoms with van der Waals surface area (Å²) in [5, 5.41) is 14.0. The lowest BCUT2D eigenvalue weighted by Crippen LogP contribution is -2.27. The molecule has 0 fully saturated rings. The lowest BCUT2D eigenvalue weighted by molar-refractivity contribution is 0.350. The minimum Gasteiger partial charge on any atom is -0.508 e. The second kappa shape index (κ2) is 4.42. The lowest BCUT2D eigenvalue weighted by atomic mass is 10.0. The van der Waals surface area contributed by atoms with E-state index in [2.05, 4.69) is 10.1 Å². The summed E-state index contributed by atoms with van der Waals surface area (Å²) in [7, 11) is 0. The van der Waals surface area contributed by atoms with Gasteiger partial charge in [0.25, 0.3) is 0 Å². The zero-order valence-corrected chi connectivity index (χ0v) is 10.1. The molecule has 5 heteroatoms. The van der Waals surface area contributed by atoms with Gasteiger partial charge in [0.1, 0.15) is 11.6 Å². The number of benzene rings is 1. The molecule has 5 nitrogen and oxygen atoms in total. The number of fused-ring (bicyclic) bond motifs is 1. The molecular weight excluding hydrogens is 228 g/mol. The van der Waals surface area contributed by atoms with Crippen molar-refractivity contribution in [2.45, 2.75) is 19.4 Å². The van der Waals surface area contributed by atoms with Gasteiger partial charge in [-0.15, -0.1) is 0 Å². The molecule has 2 heterocycles. The largest absolute Gasteiger partial charge is 0.508 e. The van der Waals surface area contributed by atoms with Crippen LogP contribution < -0.4 is 5.73 Å². The highest BCUT2D eigenvalue weighted by molar-refractivity contribution is 5.56. The van der Waals surface area contributed by atoms with E-state index in [0.29, 0.717) is 18.3 Å². The summed E-state index contributed by atoms with van der Waals surface area (Å²) in [6, 6.07) is 7.03. The molecule has 0 bridgehead atoms. The van der Waals surface area contributed by atoms with Gasteiger partial charge in [0.05, 0.1) is 0 Å². The summed E-state index contributed by atoms with van der Waals surface area (Å²) in [4.78, 5) is 4.53. The fraction of sp³-hybridized carbons (Fsp3) is 0.385. The van der Waals surface area contributed by atoms with Gasteiger partial charge >= 0.3 is 0 Å². The summed E-state index contributed by atoms with van der Waals surface area (Å²) in [5.74, 6) is 2.42. The fourth-order valence-electron chi connectivity index (χ4n) is 2.33. The van der Waals surface area contributed by atoms with Crippen LogP contribution in [0.15, 0.2) is 24.3 Å². The molecule has 94 valence electrons. The van der Waals surface area contributed by atoms with Crippen LogP contribution >= 0.6 is 0 Å². The smallest absolute Gasteiger partial charge is 0.181 e. The molecule has 0 saturated carbocycles. The van der Waals surface area contributed by atoms with Crippen molar-refractivity contribution in [2.24, 2.45) is 11.7 Å². The maximum absolute atomic E-state index is 9.48. The van der Waals surface area contributed by atoms with Crippen molar-refractivity contribution >= 4 is 0 Å². The van der Waals surface area contributed by atoms with E-state index in [0.717, 1.165) is 30.8 Å². The second-order valence-electron chi connectivity index (χ2n) is 4.72. The summed E-state index contributed by atoms with van der Waals surface area (Å²) in [5.41, 5.74) is 6.55. The Morgan fingerprint density at radius 3 is 3.11 bits per heavy atom. The highest BCUT2D eigenvalue weighted by Crippen LogP contribution is 2.23. The van der Waals surface area contributed by atoms with Crippen LogP contribution in [0.5, 0.6) is 5.75 Å². The number of hydrogen-bond donors (Lipinski definition) is 2. The van der Waals surface area contributed by atoms with Crippen molar-refractivity contribution in [2.75, 3.05) is 6.54 Å². The Kier molecular flexibility index (Phi) is 2.76. The molecule has 1 aliphatic heterocycles. The zero-order chi connectivity index (χ0) is 12.5. The average Bonchev–Trinajstić information content (AvgIpc) is 2.81. The van der Waals surface area contributed by atoms with E-state index >= 15 is 0 Å². The molecule has 0 aliphatic carbocycles. The lowest BCUT2D eigenvalue weighted by Gasteiger charge is -2.20. The number of nitrogens with zero attached hydrogens (tertiary/aromatic N) is 3. The first-order chi connectivity index (χ1) is 8.76. The molecule has 3 N–H and O–H groups in total. The number of aryl methyl sites for hydroxylation is 1. The molecule has 1 aromatic heterocycles. The van der Waals surface area contributed by atoms with Gasteiger partial charge in [-0.3, -0.25) is 0 Å². The number of phenols is 1. The number of aromatic hydroxyl groups is 1. The van der Waals surface area contributed by atoms with Crippen molar-refractivity contribution in [3.05, 3.63) is 30.1 Å². The van der Waals surface area contributed by atoms with Gasteiger partial charge < -0.3 is 10.8 Å². The fourth-order valence-corrected chi connectivity index (χ4v) is 2.33. The Labute approximate surface area is 105 Å². The quantitative estimate of drug-likeness (QED) is 0.831. The van der Waals surface area contributed by atoms with E-state index < -0.39 is 0 Å². The Hall–Kier alpha value is -1.88. The number of rotatable bonds is 2. The molecule has 18 heavy (non-hydrogen) atoms. The van der Waals surface area contributed by atoms with E-state index in [9.17, 15) is 5.11 Å². The molecule has 1 aliphatic rings. The summed E-state index contributed by atoms with van der Waals surface area (Å²) in [6.07, 6.45) is 2.00. The molecule has 1 unspecified atom stereocenters. The third kappa shape index (κ3) is 1.97. The number of nitrogens with two attached hydrogens (primary N) is 1. The van der Waals surface area contributed by atoms with Crippen LogP contribution in [0, 0.1) is 5.92 Å². The summed E-state index contributed by atoms with van der Waals surface area (Å²) >= 11 is 0. The molecule has 0 spiro atoms. The highest BCUT2D eigenvalue weighted by Gasteiger charge is 2.21. The standard InChI is InChI=1S/C13H16N4O/c14-7-9-4-5-12-15-13(16-17(12)8-9)10-2-1-3-11(18)6-10/h1-3,6,9,18H,4-5,7-8,14H2. The van der Waals surface area contributed by atoms with Crippen LogP contribution in [0.1, 0.15) is 12.2 Å². The van der Waals surface area contributed by atoms with Crippen LogP contribution in [-0.4, -0.2) is 26.4 Å². The topological polar surface area (TPSA) is 77.0 Å². The van der Waals surface area contributed by atoms with Crippen LogP contribution in [-0.2, 0) is 13.0 Å². The maximum atomic E-state index is 9.48. The summed E-state index contributed by atoms with van der Waals surface area (Å²) in [6.45, 7) is 1.54. The molecule has 2 aromatic rings. The molecular formula is C13H16N4O. The Morgan fingerprint density at radius 1 is 1.44 bits per heavy atom.